The molecule has 1 unspecified atom stereocenters. The molecule has 0 aliphatic carbocycles. The number of rotatable bonds is 4. The fourth-order valence-electron chi connectivity index (χ4n) is 1.82. The zero-order valence-electron chi connectivity index (χ0n) is 12.1. The number of nitrogens with two attached hydrogens (primary N) is 1. The Labute approximate surface area is 126 Å². The van der Waals surface area contributed by atoms with Crippen molar-refractivity contribution in [2.45, 2.75) is 19.9 Å². The molecular formula is C14H17N3O3S. The average Bonchev–Trinajstić information content (AvgIpc) is 2.92. The van der Waals surface area contributed by atoms with Crippen molar-refractivity contribution in [2.75, 3.05) is 13.7 Å². The SMILES string of the molecule is COC(=O)C(N)CNC(=O)c1cc2ncc(C)c(C)c2s1. The third kappa shape index (κ3) is 3.20. The van der Waals surface area contributed by atoms with Gasteiger partial charge in [-0.15, -0.1) is 11.3 Å². The molecule has 112 valence electrons. The van der Waals surface area contributed by atoms with E-state index in [0.717, 1.165) is 21.3 Å². The molecule has 2 aromatic rings. The minimum absolute atomic E-state index is 0.0329. The second-order valence-corrected chi connectivity index (χ2v) is 5.78. The van der Waals surface area contributed by atoms with Crippen molar-refractivity contribution < 1.29 is 14.3 Å². The summed E-state index contributed by atoms with van der Waals surface area (Å²) in [5, 5.41) is 2.63. The first kappa shape index (κ1) is 15.4. The fourth-order valence-corrected chi connectivity index (χ4v) is 2.91. The largest absolute Gasteiger partial charge is 0.468 e. The second-order valence-electron chi connectivity index (χ2n) is 4.73. The van der Waals surface area contributed by atoms with Crippen molar-refractivity contribution in [3.63, 3.8) is 0 Å². The highest BCUT2D eigenvalue weighted by Crippen LogP contribution is 2.28. The molecule has 7 heteroatoms. The van der Waals surface area contributed by atoms with E-state index in [-0.39, 0.29) is 12.5 Å². The summed E-state index contributed by atoms with van der Waals surface area (Å²) >= 11 is 1.38. The van der Waals surface area contributed by atoms with Gasteiger partial charge in [0, 0.05) is 12.7 Å². The van der Waals surface area contributed by atoms with Crippen LogP contribution < -0.4 is 11.1 Å². The summed E-state index contributed by atoms with van der Waals surface area (Å²) in [6.07, 6.45) is 1.79. The molecule has 0 aromatic carbocycles. The molecule has 2 aromatic heterocycles. The van der Waals surface area contributed by atoms with Gasteiger partial charge in [-0.1, -0.05) is 0 Å². The van der Waals surface area contributed by atoms with Gasteiger partial charge in [0.2, 0.25) is 0 Å². The summed E-state index contributed by atoms with van der Waals surface area (Å²) in [4.78, 5) is 28.1. The molecular weight excluding hydrogens is 290 g/mol. The minimum Gasteiger partial charge on any atom is -0.468 e. The molecule has 0 spiro atoms. The standard InChI is InChI=1S/C14H17N3O3S/c1-7-5-16-10-4-11(21-12(10)8(7)2)13(18)17-6-9(15)14(19)20-3/h4-5,9H,6,15H2,1-3H3,(H,17,18). The molecule has 2 rings (SSSR count). The Hall–Kier alpha value is -1.99. The summed E-state index contributed by atoms with van der Waals surface area (Å²) in [7, 11) is 1.26. The number of thiophene rings is 1. The Kier molecular flexibility index (Phi) is 4.54. The number of carbonyl (C=O) groups excluding carboxylic acids is 2. The maximum atomic E-state index is 12.1. The lowest BCUT2D eigenvalue weighted by atomic mass is 10.2. The zero-order chi connectivity index (χ0) is 15.6. The van der Waals surface area contributed by atoms with Crippen LogP contribution in [0.5, 0.6) is 0 Å². The van der Waals surface area contributed by atoms with Gasteiger partial charge in [-0.05, 0) is 31.0 Å². The number of nitrogens with one attached hydrogen (secondary N) is 1. The number of methoxy groups -OCH3 is 1. The van der Waals surface area contributed by atoms with Crippen molar-refractivity contribution in [1.82, 2.24) is 10.3 Å². The van der Waals surface area contributed by atoms with Crippen LogP contribution in [0.3, 0.4) is 0 Å². The van der Waals surface area contributed by atoms with Crippen LogP contribution in [0.4, 0.5) is 0 Å². The van der Waals surface area contributed by atoms with E-state index in [2.05, 4.69) is 15.0 Å². The van der Waals surface area contributed by atoms with Crippen LogP contribution in [0.15, 0.2) is 12.3 Å². The van der Waals surface area contributed by atoms with Gasteiger partial charge in [-0.2, -0.15) is 0 Å². The van der Waals surface area contributed by atoms with Gasteiger partial charge in [0.25, 0.3) is 5.91 Å². The molecule has 0 bridgehead atoms. The first-order valence-electron chi connectivity index (χ1n) is 6.41. The van der Waals surface area contributed by atoms with Crippen molar-refractivity contribution >= 4 is 33.4 Å². The lowest BCUT2D eigenvalue weighted by molar-refractivity contribution is -0.141. The van der Waals surface area contributed by atoms with Crippen LogP contribution in [-0.2, 0) is 9.53 Å². The molecule has 1 atom stereocenters. The van der Waals surface area contributed by atoms with Crippen LogP contribution >= 0.6 is 11.3 Å². The van der Waals surface area contributed by atoms with Crippen LogP contribution in [0.2, 0.25) is 0 Å². The van der Waals surface area contributed by atoms with Gasteiger partial charge in [0.1, 0.15) is 6.04 Å². The third-order valence-corrected chi connectivity index (χ3v) is 4.49. The van der Waals surface area contributed by atoms with E-state index in [1.165, 1.54) is 18.4 Å². The number of esters is 1. The van der Waals surface area contributed by atoms with Gasteiger partial charge in [-0.25, -0.2) is 0 Å². The van der Waals surface area contributed by atoms with E-state index >= 15 is 0 Å². The van der Waals surface area contributed by atoms with Gasteiger partial charge in [-0.3, -0.25) is 14.6 Å². The van der Waals surface area contributed by atoms with E-state index in [9.17, 15) is 9.59 Å². The molecule has 0 fully saturated rings. The molecule has 2 heterocycles. The molecule has 0 radical (unpaired) electrons. The van der Waals surface area contributed by atoms with Crippen molar-refractivity contribution in [2.24, 2.45) is 5.73 Å². The summed E-state index contributed by atoms with van der Waals surface area (Å²) < 4.78 is 5.50. The molecule has 0 saturated carbocycles. The monoisotopic (exact) mass is 307 g/mol. The van der Waals surface area contributed by atoms with E-state index in [1.807, 2.05) is 13.8 Å². The normalized spacial score (nSPS) is 12.2. The first-order chi connectivity index (χ1) is 9.93. The number of hydrogen-bond donors (Lipinski definition) is 2. The van der Waals surface area contributed by atoms with Crippen LogP contribution in [0.25, 0.3) is 10.2 Å². The van der Waals surface area contributed by atoms with Crippen molar-refractivity contribution in [3.8, 4) is 0 Å². The highest BCUT2D eigenvalue weighted by Gasteiger charge is 2.17. The molecule has 0 aliphatic heterocycles. The molecule has 0 aliphatic rings. The summed E-state index contributed by atoms with van der Waals surface area (Å²) in [6.45, 7) is 4.02. The third-order valence-electron chi connectivity index (χ3n) is 3.25. The van der Waals surface area contributed by atoms with Gasteiger partial charge in [0.15, 0.2) is 0 Å². The molecule has 6 nitrogen and oxygen atoms in total. The summed E-state index contributed by atoms with van der Waals surface area (Å²) in [5.74, 6) is -0.825. The Morgan fingerprint density at radius 2 is 2.19 bits per heavy atom. The Bertz CT molecular complexity index is 696. The smallest absolute Gasteiger partial charge is 0.324 e. The fraction of sp³-hybridized carbons (Fsp3) is 0.357. The van der Waals surface area contributed by atoms with Crippen LogP contribution in [-0.4, -0.2) is 36.6 Å². The number of ether oxygens (including phenoxy) is 1. The number of hydrogen-bond acceptors (Lipinski definition) is 6. The van der Waals surface area contributed by atoms with E-state index in [1.54, 1.807) is 12.3 Å². The number of aromatic nitrogens is 1. The van der Waals surface area contributed by atoms with E-state index < -0.39 is 12.0 Å². The first-order valence-corrected chi connectivity index (χ1v) is 7.23. The summed E-state index contributed by atoms with van der Waals surface area (Å²) in [6, 6.07) is 0.876. The number of aryl methyl sites for hydroxylation is 2. The van der Waals surface area contributed by atoms with E-state index in [4.69, 9.17) is 5.73 Å². The van der Waals surface area contributed by atoms with Gasteiger partial charge in [0.05, 0.1) is 22.2 Å². The minimum atomic E-state index is -0.865. The van der Waals surface area contributed by atoms with Crippen LogP contribution in [0, 0.1) is 13.8 Å². The predicted molar refractivity (Wildman–Crippen MR) is 81.4 cm³/mol. The maximum absolute atomic E-state index is 12.1. The maximum Gasteiger partial charge on any atom is 0.324 e. The number of fused-ring (bicyclic) bond motifs is 1. The second kappa shape index (κ2) is 6.19. The Morgan fingerprint density at radius 3 is 2.86 bits per heavy atom. The van der Waals surface area contributed by atoms with Crippen LogP contribution in [0.1, 0.15) is 20.8 Å². The average molecular weight is 307 g/mol. The van der Waals surface area contributed by atoms with Crippen molar-refractivity contribution in [3.05, 3.63) is 28.3 Å². The zero-order valence-corrected chi connectivity index (χ0v) is 12.9. The lowest BCUT2D eigenvalue weighted by Gasteiger charge is -2.09. The number of carbonyl (C=O) groups is 2. The number of pyridine rings is 1. The molecule has 3 N–H and O–H groups in total. The predicted octanol–water partition coefficient (Wildman–Crippen LogP) is 1.14. The molecule has 0 saturated heterocycles. The highest BCUT2D eigenvalue weighted by molar-refractivity contribution is 7.21. The molecule has 21 heavy (non-hydrogen) atoms. The summed E-state index contributed by atoms with van der Waals surface area (Å²) in [5.41, 5.74) is 8.58. The molecule has 1 amide bonds. The Balaban J connectivity index is 2.13. The van der Waals surface area contributed by atoms with Crippen molar-refractivity contribution in [1.29, 1.82) is 0 Å². The number of amides is 1. The van der Waals surface area contributed by atoms with E-state index in [0.29, 0.717) is 4.88 Å². The number of nitrogens with zero attached hydrogens (tertiary/aromatic N) is 1. The van der Waals surface area contributed by atoms with Gasteiger partial charge >= 0.3 is 5.97 Å². The topological polar surface area (TPSA) is 94.3 Å². The highest BCUT2D eigenvalue weighted by atomic mass is 32.1. The van der Waals surface area contributed by atoms with Gasteiger partial charge < -0.3 is 15.8 Å². The lowest BCUT2D eigenvalue weighted by Crippen LogP contribution is -2.42. The Morgan fingerprint density at radius 1 is 1.48 bits per heavy atom. The quantitative estimate of drug-likeness (QED) is 0.826.